The Morgan fingerprint density at radius 2 is 1.76 bits per heavy atom. The Bertz CT molecular complexity index is 606. The standard InChI is InChI=1S/C17H16ClNO2/c18-15-8-6-13(7-9-15)12-21-16-10-19(11-16)17(20)14-4-2-1-3-5-14/h1-9,16H,10-12H2. The third-order valence-electron chi connectivity index (χ3n) is 3.55. The first-order valence-electron chi connectivity index (χ1n) is 6.93. The number of halogens is 1. The van der Waals surface area contributed by atoms with Crippen molar-refractivity contribution in [1.82, 2.24) is 4.90 Å². The lowest BCUT2D eigenvalue weighted by molar-refractivity contribution is -0.0503. The van der Waals surface area contributed by atoms with Gasteiger partial charge in [-0.25, -0.2) is 0 Å². The van der Waals surface area contributed by atoms with Gasteiger partial charge in [0.2, 0.25) is 0 Å². The normalized spacial score (nSPS) is 14.8. The number of nitrogens with zero attached hydrogens (tertiary/aromatic N) is 1. The van der Waals surface area contributed by atoms with Gasteiger partial charge in [0.15, 0.2) is 0 Å². The van der Waals surface area contributed by atoms with Crippen molar-refractivity contribution in [2.75, 3.05) is 13.1 Å². The first kappa shape index (κ1) is 14.1. The first-order chi connectivity index (χ1) is 10.2. The van der Waals surface area contributed by atoms with Crippen LogP contribution in [0.1, 0.15) is 15.9 Å². The fourth-order valence-corrected chi connectivity index (χ4v) is 2.39. The van der Waals surface area contributed by atoms with Gasteiger partial charge in [-0.15, -0.1) is 0 Å². The third-order valence-corrected chi connectivity index (χ3v) is 3.81. The molecule has 0 aliphatic carbocycles. The second-order valence-electron chi connectivity index (χ2n) is 5.14. The molecule has 0 N–H and O–H groups in total. The third kappa shape index (κ3) is 3.43. The van der Waals surface area contributed by atoms with Crippen LogP contribution in [0.15, 0.2) is 54.6 Å². The van der Waals surface area contributed by atoms with Crippen molar-refractivity contribution >= 4 is 17.5 Å². The number of ether oxygens (including phenoxy) is 1. The SMILES string of the molecule is O=C(c1ccccc1)N1CC(OCc2ccc(Cl)cc2)C1. The van der Waals surface area contributed by atoms with E-state index in [4.69, 9.17) is 16.3 Å². The highest BCUT2D eigenvalue weighted by molar-refractivity contribution is 6.30. The molecule has 3 rings (SSSR count). The molecule has 108 valence electrons. The van der Waals surface area contributed by atoms with Crippen molar-refractivity contribution < 1.29 is 9.53 Å². The molecular formula is C17H16ClNO2. The largest absolute Gasteiger partial charge is 0.370 e. The van der Waals surface area contributed by atoms with E-state index in [1.54, 1.807) is 0 Å². The number of carbonyl (C=O) groups is 1. The summed E-state index contributed by atoms with van der Waals surface area (Å²) in [6, 6.07) is 16.9. The molecule has 0 bridgehead atoms. The quantitative estimate of drug-likeness (QED) is 0.866. The van der Waals surface area contributed by atoms with Crippen LogP contribution in [-0.4, -0.2) is 30.0 Å². The lowest BCUT2D eigenvalue weighted by atomic mass is 10.1. The molecule has 0 saturated carbocycles. The van der Waals surface area contributed by atoms with Crippen LogP contribution in [0.5, 0.6) is 0 Å². The molecule has 1 amide bonds. The Hall–Kier alpha value is -1.84. The monoisotopic (exact) mass is 301 g/mol. The summed E-state index contributed by atoms with van der Waals surface area (Å²) in [6.45, 7) is 1.86. The molecule has 1 saturated heterocycles. The minimum Gasteiger partial charge on any atom is -0.370 e. The van der Waals surface area contributed by atoms with Crippen molar-refractivity contribution in [3.63, 3.8) is 0 Å². The summed E-state index contributed by atoms with van der Waals surface area (Å²) in [7, 11) is 0. The highest BCUT2D eigenvalue weighted by Gasteiger charge is 2.31. The van der Waals surface area contributed by atoms with Gasteiger partial charge in [0.05, 0.1) is 12.7 Å². The average Bonchev–Trinajstić information content (AvgIpc) is 2.48. The molecule has 2 aromatic rings. The predicted molar refractivity (Wildman–Crippen MR) is 82.4 cm³/mol. The molecule has 0 atom stereocenters. The molecule has 1 aliphatic heterocycles. The van der Waals surface area contributed by atoms with Crippen LogP contribution in [0.4, 0.5) is 0 Å². The van der Waals surface area contributed by atoms with E-state index in [1.165, 1.54) is 0 Å². The summed E-state index contributed by atoms with van der Waals surface area (Å²) in [5.41, 5.74) is 1.82. The van der Waals surface area contributed by atoms with Crippen LogP contribution in [0.25, 0.3) is 0 Å². The summed E-state index contributed by atoms with van der Waals surface area (Å²) in [5.74, 6) is 0.0712. The van der Waals surface area contributed by atoms with Gasteiger partial charge >= 0.3 is 0 Å². The second-order valence-corrected chi connectivity index (χ2v) is 5.57. The molecule has 0 radical (unpaired) electrons. The second kappa shape index (κ2) is 6.29. The Morgan fingerprint density at radius 3 is 2.43 bits per heavy atom. The maximum absolute atomic E-state index is 12.1. The minimum absolute atomic E-state index is 0.0712. The number of hydrogen-bond acceptors (Lipinski definition) is 2. The van der Waals surface area contributed by atoms with Gasteiger partial charge in [0.1, 0.15) is 0 Å². The molecule has 3 nitrogen and oxygen atoms in total. The molecule has 21 heavy (non-hydrogen) atoms. The maximum Gasteiger partial charge on any atom is 0.254 e. The van der Waals surface area contributed by atoms with Gasteiger partial charge in [-0.3, -0.25) is 4.79 Å². The van der Waals surface area contributed by atoms with E-state index in [0.29, 0.717) is 19.7 Å². The van der Waals surface area contributed by atoms with Crippen LogP contribution >= 0.6 is 11.6 Å². The molecule has 2 aromatic carbocycles. The fraction of sp³-hybridized carbons (Fsp3) is 0.235. The Balaban J connectivity index is 1.46. The average molecular weight is 302 g/mol. The summed E-state index contributed by atoms with van der Waals surface area (Å²) < 4.78 is 5.78. The zero-order valence-corrected chi connectivity index (χ0v) is 12.3. The molecule has 0 aromatic heterocycles. The first-order valence-corrected chi connectivity index (χ1v) is 7.30. The lowest BCUT2D eigenvalue weighted by Gasteiger charge is -2.39. The molecule has 0 spiro atoms. The summed E-state index contributed by atoms with van der Waals surface area (Å²) >= 11 is 5.84. The molecule has 1 heterocycles. The number of carbonyl (C=O) groups excluding carboxylic acids is 1. The van der Waals surface area contributed by atoms with Crippen molar-refractivity contribution in [2.24, 2.45) is 0 Å². The highest BCUT2D eigenvalue weighted by atomic mass is 35.5. The number of hydrogen-bond donors (Lipinski definition) is 0. The van der Waals surface area contributed by atoms with E-state index in [1.807, 2.05) is 59.5 Å². The van der Waals surface area contributed by atoms with Crippen LogP contribution in [0, 0.1) is 0 Å². The van der Waals surface area contributed by atoms with E-state index in [0.717, 1.165) is 16.1 Å². The topological polar surface area (TPSA) is 29.5 Å². The van der Waals surface area contributed by atoms with Crippen LogP contribution in [-0.2, 0) is 11.3 Å². The maximum atomic E-state index is 12.1. The minimum atomic E-state index is 0.0712. The van der Waals surface area contributed by atoms with Crippen molar-refractivity contribution in [3.8, 4) is 0 Å². The predicted octanol–water partition coefficient (Wildman–Crippen LogP) is 3.38. The van der Waals surface area contributed by atoms with Gasteiger partial charge in [-0.1, -0.05) is 41.9 Å². The zero-order valence-electron chi connectivity index (χ0n) is 11.5. The number of benzene rings is 2. The van der Waals surface area contributed by atoms with Gasteiger partial charge in [-0.2, -0.15) is 0 Å². The smallest absolute Gasteiger partial charge is 0.254 e. The van der Waals surface area contributed by atoms with Gasteiger partial charge in [0, 0.05) is 23.7 Å². The molecule has 0 unspecified atom stereocenters. The number of rotatable bonds is 4. The van der Waals surface area contributed by atoms with E-state index < -0.39 is 0 Å². The molecule has 1 fully saturated rings. The lowest BCUT2D eigenvalue weighted by Crippen LogP contribution is -2.54. The number of likely N-dealkylation sites (tertiary alicyclic amines) is 1. The van der Waals surface area contributed by atoms with Gasteiger partial charge in [-0.05, 0) is 29.8 Å². The Morgan fingerprint density at radius 1 is 1.10 bits per heavy atom. The van der Waals surface area contributed by atoms with E-state index in [2.05, 4.69) is 0 Å². The van der Waals surface area contributed by atoms with Crippen LogP contribution < -0.4 is 0 Å². The van der Waals surface area contributed by atoms with E-state index in [9.17, 15) is 4.79 Å². The van der Waals surface area contributed by atoms with Gasteiger partial charge < -0.3 is 9.64 Å². The molecule has 1 aliphatic rings. The summed E-state index contributed by atoms with van der Waals surface area (Å²) in [4.78, 5) is 13.9. The van der Waals surface area contributed by atoms with Crippen molar-refractivity contribution in [2.45, 2.75) is 12.7 Å². The number of amides is 1. The Labute approximate surface area is 129 Å². The zero-order chi connectivity index (χ0) is 14.7. The fourth-order valence-electron chi connectivity index (χ4n) is 2.27. The summed E-state index contributed by atoms with van der Waals surface area (Å²) in [6.07, 6.45) is 0.119. The van der Waals surface area contributed by atoms with Crippen LogP contribution in [0.3, 0.4) is 0 Å². The van der Waals surface area contributed by atoms with E-state index in [-0.39, 0.29) is 12.0 Å². The molecular weight excluding hydrogens is 286 g/mol. The Kier molecular flexibility index (Phi) is 4.23. The van der Waals surface area contributed by atoms with Crippen molar-refractivity contribution in [1.29, 1.82) is 0 Å². The summed E-state index contributed by atoms with van der Waals surface area (Å²) in [5, 5.41) is 0.724. The van der Waals surface area contributed by atoms with Crippen molar-refractivity contribution in [3.05, 3.63) is 70.7 Å². The van der Waals surface area contributed by atoms with Gasteiger partial charge in [0.25, 0.3) is 5.91 Å². The molecule has 4 heteroatoms. The van der Waals surface area contributed by atoms with Crippen LogP contribution in [0.2, 0.25) is 5.02 Å². The van der Waals surface area contributed by atoms with E-state index >= 15 is 0 Å². The highest BCUT2D eigenvalue weighted by Crippen LogP contribution is 2.18.